The second-order valence-electron chi connectivity index (χ2n) is 5.09. The Kier molecular flexibility index (Phi) is 9.50. The molecule has 0 aromatic heterocycles. The normalized spacial score (nSPS) is 14.3. The Morgan fingerprint density at radius 3 is 1.96 bits per heavy atom. The van der Waals surface area contributed by atoms with E-state index in [1.807, 2.05) is 0 Å². The van der Waals surface area contributed by atoms with Crippen molar-refractivity contribution in [3.8, 4) is 0 Å². The van der Waals surface area contributed by atoms with Crippen LogP contribution in [0.2, 0.25) is 0 Å². The van der Waals surface area contributed by atoms with Gasteiger partial charge in [-0.25, -0.2) is 0 Å². The van der Waals surface area contributed by atoms with Crippen molar-refractivity contribution >= 4 is 41.1 Å². The summed E-state index contributed by atoms with van der Waals surface area (Å²) < 4.78 is 94.2. The van der Waals surface area contributed by atoms with Crippen LogP contribution in [0.4, 0.5) is 13.2 Å². The fourth-order valence-electron chi connectivity index (χ4n) is 1.98. The molecule has 156 valence electrons. The number of halogens is 5. The summed E-state index contributed by atoms with van der Waals surface area (Å²) >= 11 is 11.0. The van der Waals surface area contributed by atoms with Crippen LogP contribution >= 0.6 is 30.8 Å². The second kappa shape index (κ2) is 10.4. The lowest BCUT2D eigenvalue weighted by molar-refractivity contribution is -0.137. The number of nitrogens with one attached hydrogen (secondary N) is 1. The Hall–Kier alpha value is -0.390. The topological polar surface area (TPSA) is 102 Å². The molecule has 1 atom stereocenters. The fourth-order valence-corrected chi connectivity index (χ4v) is 5.26. The van der Waals surface area contributed by atoms with Crippen LogP contribution in [0, 0.1) is 0 Å². The summed E-state index contributed by atoms with van der Waals surface area (Å²) in [6, 6.07) is 3.72. The first-order chi connectivity index (χ1) is 12.4. The molecule has 27 heavy (non-hydrogen) atoms. The lowest BCUT2D eigenvalue weighted by Crippen LogP contribution is -2.37. The average Bonchev–Trinajstić information content (AvgIpc) is 2.56. The average molecular weight is 474 g/mol. The van der Waals surface area contributed by atoms with Crippen LogP contribution in [0.15, 0.2) is 24.3 Å². The number of hydrogen-bond acceptors (Lipinski definition) is 5. The van der Waals surface area contributed by atoms with Gasteiger partial charge in [-0.3, -0.25) is 9.12 Å². The summed E-state index contributed by atoms with van der Waals surface area (Å²) in [5, 5.41) is 0. The number of benzene rings is 1. The van der Waals surface area contributed by atoms with Gasteiger partial charge in [-0.15, -0.1) is 23.2 Å². The minimum absolute atomic E-state index is 0.0902. The van der Waals surface area contributed by atoms with E-state index in [4.69, 9.17) is 36.8 Å². The molecule has 1 aromatic rings. The van der Waals surface area contributed by atoms with Gasteiger partial charge in [0.2, 0.25) is 0 Å². The molecule has 1 unspecified atom stereocenters. The summed E-state index contributed by atoms with van der Waals surface area (Å²) in [6.07, 6.45) is -4.94. The highest BCUT2D eigenvalue weighted by Crippen LogP contribution is 2.53. The zero-order valence-electron chi connectivity index (χ0n) is 13.7. The maximum atomic E-state index is 13.0. The first kappa shape index (κ1) is 24.6. The minimum atomic E-state index is -4.84. The van der Waals surface area contributed by atoms with Crippen LogP contribution in [0.3, 0.4) is 0 Å². The van der Waals surface area contributed by atoms with Crippen molar-refractivity contribution in [1.82, 2.24) is 4.72 Å². The van der Waals surface area contributed by atoms with E-state index < -0.39 is 35.4 Å². The summed E-state index contributed by atoms with van der Waals surface area (Å²) in [7, 11) is -9.05. The fraction of sp³-hybridized carbons (Fsp3) is 0.538. The number of alkyl halides is 5. The third-order valence-electron chi connectivity index (χ3n) is 3.07. The molecule has 0 saturated heterocycles. The Morgan fingerprint density at radius 1 is 1.11 bits per heavy atom. The molecule has 0 aliphatic rings. The van der Waals surface area contributed by atoms with Crippen molar-refractivity contribution in [2.45, 2.75) is 18.4 Å². The van der Waals surface area contributed by atoms with E-state index in [1.165, 1.54) is 0 Å². The van der Waals surface area contributed by atoms with E-state index in [9.17, 15) is 26.2 Å². The molecular formula is C13H17Cl2F3NO6PS. The van der Waals surface area contributed by atoms with Gasteiger partial charge in [0.05, 0.1) is 18.8 Å². The van der Waals surface area contributed by atoms with Gasteiger partial charge in [-0.05, 0) is 17.7 Å². The van der Waals surface area contributed by atoms with Crippen LogP contribution in [0.1, 0.15) is 11.1 Å². The molecular weight excluding hydrogens is 457 g/mol. The quantitative estimate of drug-likeness (QED) is 0.288. The van der Waals surface area contributed by atoms with Gasteiger partial charge in [-0.1, -0.05) is 12.1 Å². The summed E-state index contributed by atoms with van der Waals surface area (Å²) in [5.41, 5.74) is -0.723. The molecule has 7 nitrogen and oxygen atoms in total. The Bertz CT molecular complexity index is 735. The molecule has 0 saturated carbocycles. The standard InChI is InChI=1S/C13H17Cl2F3NO6PS/c14-5-7-24-26(20,25-8-6-15)12(19-27(21,22)23)9-10-1-3-11(4-2-10)13(16,17)18/h1-4,12,19H,5-9H2,(H,21,22,23). The first-order valence-corrected chi connectivity index (χ1v) is 11.4. The highest BCUT2D eigenvalue weighted by Gasteiger charge is 2.39. The molecule has 14 heteroatoms. The molecule has 0 heterocycles. The summed E-state index contributed by atoms with van der Waals surface area (Å²) in [4.78, 5) is 0. The van der Waals surface area contributed by atoms with Crippen LogP contribution in [0.25, 0.3) is 0 Å². The molecule has 0 bridgehead atoms. The van der Waals surface area contributed by atoms with E-state index >= 15 is 0 Å². The van der Waals surface area contributed by atoms with Gasteiger partial charge in [0.1, 0.15) is 5.78 Å². The molecule has 0 radical (unpaired) electrons. The van der Waals surface area contributed by atoms with Crippen molar-refractivity contribution in [2.24, 2.45) is 0 Å². The molecule has 1 aromatic carbocycles. The van der Waals surface area contributed by atoms with E-state index in [2.05, 4.69) is 0 Å². The third kappa shape index (κ3) is 8.66. The highest BCUT2D eigenvalue weighted by atomic mass is 35.5. The van der Waals surface area contributed by atoms with Crippen molar-refractivity contribution in [1.29, 1.82) is 0 Å². The molecule has 1 rings (SSSR count). The molecule has 0 fully saturated rings. The lowest BCUT2D eigenvalue weighted by Gasteiger charge is -2.26. The van der Waals surface area contributed by atoms with Gasteiger partial charge >= 0.3 is 24.1 Å². The van der Waals surface area contributed by atoms with Crippen LogP contribution in [-0.4, -0.2) is 43.7 Å². The van der Waals surface area contributed by atoms with Crippen LogP contribution in [0.5, 0.6) is 0 Å². The summed E-state index contributed by atoms with van der Waals surface area (Å²) in [5.74, 6) is -1.80. The predicted molar refractivity (Wildman–Crippen MR) is 94.6 cm³/mol. The third-order valence-corrected chi connectivity index (χ3v) is 6.30. The molecule has 2 N–H and O–H groups in total. The van der Waals surface area contributed by atoms with Gasteiger partial charge in [0.15, 0.2) is 0 Å². The zero-order chi connectivity index (χ0) is 20.7. The largest absolute Gasteiger partial charge is 0.416 e. The van der Waals surface area contributed by atoms with E-state index in [0.717, 1.165) is 24.3 Å². The molecule has 0 aliphatic carbocycles. The van der Waals surface area contributed by atoms with Gasteiger partial charge in [0.25, 0.3) is 0 Å². The van der Waals surface area contributed by atoms with E-state index in [-0.39, 0.29) is 37.0 Å². The zero-order valence-corrected chi connectivity index (χ0v) is 16.9. The monoisotopic (exact) mass is 473 g/mol. The second-order valence-corrected chi connectivity index (χ2v) is 9.25. The SMILES string of the molecule is O=P(OCCCl)(OCCCl)C(Cc1ccc(C(F)(F)F)cc1)NS(=O)(=O)O. The maximum Gasteiger partial charge on any atom is 0.416 e. The summed E-state index contributed by atoms with van der Waals surface area (Å²) in [6.45, 7) is -0.532. The van der Waals surface area contributed by atoms with E-state index in [1.54, 1.807) is 4.72 Å². The molecule has 0 aliphatic heterocycles. The minimum Gasteiger partial charge on any atom is -0.306 e. The van der Waals surface area contributed by atoms with E-state index in [0.29, 0.717) is 0 Å². The lowest BCUT2D eigenvalue weighted by atomic mass is 10.1. The number of rotatable bonds is 11. The smallest absolute Gasteiger partial charge is 0.306 e. The van der Waals surface area contributed by atoms with Gasteiger partial charge in [-0.2, -0.15) is 26.3 Å². The Balaban J connectivity index is 3.16. The van der Waals surface area contributed by atoms with Gasteiger partial charge < -0.3 is 9.05 Å². The van der Waals surface area contributed by atoms with Crippen molar-refractivity contribution < 1.29 is 39.8 Å². The maximum absolute atomic E-state index is 13.0. The molecule has 0 amide bonds. The molecule has 0 spiro atoms. The van der Waals surface area contributed by atoms with Crippen LogP contribution < -0.4 is 4.72 Å². The van der Waals surface area contributed by atoms with Gasteiger partial charge in [0, 0.05) is 18.2 Å². The Labute approximate surface area is 164 Å². The van der Waals surface area contributed by atoms with Crippen molar-refractivity contribution in [2.75, 3.05) is 25.0 Å². The predicted octanol–water partition coefficient (Wildman–Crippen LogP) is 3.67. The van der Waals surface area contributed by atoms with Crippen molar-refractivity contribution in [3.63, 3.8) is 0 Å². The Morgan fingerprint density at radius 2 is 1.59 bits per heavy atom. The first-order valence-electron chi connectivity index (χ1n) is 7.33. The highest BCUT2D eigenvalue weighted by molar-refractivity contribution is 7.84. The number of hydrogen-bond donors (Lipinski definition) is 2. The van der Waals surface area contributed by atoms with Crippen molar-refractivity contribution in [3.05, 3.63) is 35.4 Å². The van der Waals surface area contributed by atoms with Crippen LogP contribution in [-0.2, 0) is 36.5 Å².